The van der Waals surface area contributed by atoms with Crippen LogP contribution in [0.15, 0.2) is 79.8 Å². The van der Waals surface area contributed by atoms with Crippen molar-refractivity contribution in [3.05, 3.63) is 96.9 Å². The molecule has 1 aliphatic rings. The number of halogens is 1. The maximum Gasteiger partial charge on any atom is 0.274 e. The summed E-state index contributed by atoms with van der Waals surface area (Å²) in [5.74, 6) is -0.731. The Morgan fingerprint density at radius 3 is 2.61 bits per heavy atom. The number of nitrogens with zero attached hydrogens (tertiary/aromatic N) is 3. The van der Waals surface area contributed by atoms with Crippen molar-refractivity contribution in [2.75, 3.05) is 19.6 Å². The quantitative estimate of drug-likeness (QED) is 0.565. The Labute approximate surface area is 192 Å². The van der Waals surface area contributed by atoms with E-state index in [1.807, 2.05) is 24.3 Å². The molecule has 0 aliphatic carbocycles. The first-order valence-electron chi connectivity index (χ1n) is 10.8. The van der Waals surface area contributed by atoms with E-state index in [2.05, 4.69) is 21.9 Å². The van der Waals surface area contributed by atoms with Crippen LogP contribution in [0.5, 0.6) is 0 Å². The Balaban J connectivity index is 1.67. The predicted molar refractivity (Wildman–Crippen MR) is 124 cm³/mol. The van der Waals surface area contributed by atoms with Gasteiger partial charge in [0.25, 0.3) is 5.91 Å². The number of aromatic nitrogens is 2. The second-order valence-electron chi connectivity index (χ2n) is 8.16. The topological polar surface area (TPSA) is 75.2 Å². The number of carbonyl (C=O) groups excluding carboxylic acids is 2. The van der Waals surface area contributed by atoms with Gasteiger partial charge < -0.3 is 10.2 Å². The van der Waals surface area contributed by atoms with E-state index in [9.17, 15) is 14.0 Å². The predicted octanol–water partition coefficient (Wildman–Crippen LogP) is 3.66. The highest BCUT2D eigenvalue weighted by atomic mass is 19.1. The second-order valence-corrected chi connectivity index (χ2v) is 8.16. The molecule has 168 valence electrons. The highest BCUT2D eigenvalue weighted by Gasteiger charge is 2.46. The number of nitrogens with one attached hydrogen (secondary N) is 1. The van der Waals surface area contributed by atoms with Crippen LogP contribution in [-0.4, -0.2) is 46.3 Å². The van der Waals surface area contributed by atoms with Gasteiger partial charge in [-0.25, -0.2) is 9.37 Å². The van der Waals surface area contributed by atoms with Crippen LogP contribution in [0.3, 0.4) is 0 Å². The molecule has 1 N–H and O–H groups in total. The normalized spacial score (nSPS) is 17.5. The fourth-order valence-corrected chi connectivity index (χ4v) is 4.36. The Bertz CT molecular complexity index is 1170. The van der Waals surface area contributed by atoms with Gasteiger partial charge in [0.1, 0.15) is 11.5 Å². The molecule has 2 aromatic carbocycles. The van der Waals surface area contributed by atoms with Crippen LogP contribution in [0.1, 0.15) is 22.5 Å². The molecule has 0 radical (unpaired) electrons. The number of hydrogen-bond donors (Lipinski definition) is 1. The molecule has 7 heteroatoms. The molecule has 0 spiro atoms. The standard InChI is InChI=1S/C26H25FN4O2/c1-2-12-30-25(33)26(11-15-31(18-26)24(32)23-17-28-13-14-29-23)16-19-7-3-4-8-20(19)21-9-5-6-10-22(21)27/h2-10,13-14,17H,1,11-12,15-16,18H2,(H,30,33). The number of amides is 2. The third-order valence-electron chi connectivity index (χ3n) is 6.02. The van der Waals surface area contributed by atoms with E-state index < -0.39 is 5.41 Å². The summed E-state index contributed by atoms with van der Waals surface area (Å²) in [5.41, 5.74) is 1.46. The summed E-state index contributed by atoms with van der Waals surface area (Å²) in [7, 11) is 0. The molecule has 1 atom stereocenters. The zero-order valence-corrected chi connectivity index (χ0v) is 18.2. The van der Waals surface area contributed by atoms with Crippen LogP contribution in [0, 0.1) is 11.2 Å². The van der Waals surface area contributed by atoms with Gasteiger partial charge in [-0.15, -0.1) is 6.58 Å². The molecule has 6 nitrogen and oxygen atoms in total. The zero-order valence-electron chi connectivity index (χ0n) is 18.2. The Kier molecular flexibility index (Phi) is 6.58. The van der Waals surface area contributed by atoms with Gasteiger partial charge in [-0.2, -0.15) is 0 Å². The number of hydrogen-bond acceptors (Lipinski definition) is 4. The van der Waals surface area contributed by atoms with Gasteiger partial charge in [-0.05, 0) is 30.0 Å². The average molecular weight is 445 g/mol. The van der Waals surface area contributed by atoms with Gasteiger partial charge >= 0.3 is 0 Å². The Hall–Kier alpha value is -3.87. The lowest BCUT2D eigenvalue weighted by atomic mass is 9.78. The van der Waals surface area contributed by atoms with E-state index in [0.29, 0.717) is 31.5 Å². The van der Waals surface area contributed by atoms with Gasteiger partial charge in [0, 0.05) is 37.6 Å². The first-order chi connectivity index (χ1) is 16.0. The van der Waals surface area contributed by atoms with Crippen molar-refractivity contribution in [2.24, 2.45) is 5.41 Å². The molecule has 2 amide bonds. The smallest absolute Gasteiger partial charge is 0.274 e. The van der Waals surface area contributed by atoms with Crippen LogP contribution < -0.4 is 5.32 Å². The monoisotopic (exact) mass is 444 g/mol. The number of likely N-dealkylation sites (tertiary alicyclic amines) is 1. The first-order valence-corrected chi connectivity index (χ1v) is 10.8. The molecule has 2 heterocycles. The maximum atomic E-state index is 14.6. The highest BCUT2D eigenvalue weighted by molar-refractivity contribution is 5.93. The summed E-state index contributed by atoms with van der Waals surface area (Å²) in [6.45, 7) is 4.65. The van der Waals surface area contributed by atoms with Gasteiger partial charge in [0.15, 0.2) is 0 Å². The molecule has 4 rings (SSSR count). The summed E-state index contributed by atoms with van der Waals surface area (Å²) >= 11 is 0. The maximum absolute atomic E-state index is 14.6. The van der Waals surface area contributed by atoms with Crippen molar-refractivity contribution in [1.82, 2.24) is 20.2 Å². The van der Waals surface area contributed by atoms with Crippen molar-refractivity contribution in [3.63, 3.8) is 0 Å². The van der Waals surface area contributed by atoms with E-state index in [1.54, 1.807) is 29.2 Å². The van der Waals surface area contributed by atoms with E-state index in [-0.39, 0.29) is 29.9 Å². The largest absolute Gasteiger partial charge is 0.352 e. The van der Waals surface area contributed by atoms with Gasteiger partial charge in [0.2, 0.25) is 5.91 Å². The van der Waals surface area contributed by atoms with Gasteiger partial charge in [-0.1, -0.05) is 48.5 Å². The molecule has 0 saturated carbocycles. The molecule has 1 saturated heterocycles. The van der Waals surface area contributed by atoms with E-state index in [4.69, 9.17) is 0 Å². The van der Waals surface area contributed by atoms with E-state index in [0.717, 1.165) is 11.1 Å². The zero-order chi connectivity index (χ0) is 23.3. The second kappa shape index (κ2) is 9.73. The van der Waals surface area contributed by atoms with Crippen molar-refractivity contribution in [1.29, 1.82) is 0 Å². The summed E-state index contributed by atoms with van der Waals surface area (Å²) in [6.07, 6.45) is 6.87. The molecule has 33 heavy (non-hydrogen) atoms. The SMILES string of the molecule is C=CCNC(=O)C1(Cc2ccccc2-c2ccccc2F)CCN(C(=O)c2cnccn2)C1. The molecular formula is C26H25FN4O2. The van der Waals surface area contributed by atoms with E-state index >= 15 is 0 Å². The minimum absolute atomic E-state index is 0.153. The van der Waals surface area contributed by atoms with Crippen LogP contribution in [0.2, 0.25) is 0 Å². The van der Waals surface area contributed by atoms with Crippen LogP contribution in [0.4, 0.5) is 4.39 Å². The van der Waals surface area contributed by atoms with Crippen molar-refractivity contribution in [3.8, 4) is 11.1 Å². The third-order valence-corrected chi connectivity index (χ3v) is 6.02. The molecular weight excluding hydrogens is 419 g/mol. The number of carbonyl (C=O) groups is 2. The minimum atomic E-state index is -0.859. The molecule has 1 unspecified atom stereocenters. The van der Waals surface area contributed by atoms with Crippen molar-refractivity contribution >= 4 is 11.8 Å². The summed E-state index contributed by atoms with van der Waals surface area (Å²) in [4.78, 5) is 36.1. The lowest BCUT2D eigenvalue weighted by Crippen LogP contribution is -2.45. The Morgan fingerprint density at radius 2 is 1.88 bits per heavy atom. The fourth-order valence-electron chi connectivity index (χ4n) is 4.36. The van der Waals surface area contributed by atoms with Crippen molar-refractivity contribution in [2.45, 2.75) is 12.8 Å². The Morgan fingerprint density at radius 1 is 1.12 bits per heavy atom. The minimum Gasteiger partial charge on any atom is -0.352 e. The number of rotatable bonds is 7. The average Bonchev–Trinajstić information content (AvgIpc) is 3.28. The van der Waals surface area contributed by atoms with Crippen molar-refractivity contribution < 1.29 is 14.0 Å². The molecule has 0 bridgehead atoms. The number of benzene rings is 2. The third kappa shape index (κ3) is 4.67. The molecule has 1 fully saturated rings. The van der Waals surface area contributed by atoms with Crippen LogP contribution in [-0.2, 0) is 11.2 Å². The van der Waals surface area contributed by atoms with E-state index in [1.165, 1.54) is 24.7 Å². The molecule has 1 aliphatic heterocycles. The van der Waals surface area contributed by atoms with Crippen LogP contribution >= 0.6 is 0 Å². The lowest BCUT2D eigenvalue weighted by molar-refractivity contribution is -0.130. The summed E-state index contributed by atoms with van der Waals surface area (Å²) < 4.78 is 14.6. The van der Waals surface area contributed by atoms with Gasteiger partial charge in [0.05, 0.1) is 11.6 Å². The highest BCUT2D eigenvalue weighted by Crippen LogP contribution is 2.38. The van der Waals surface area contributed by atoms with Crippen LogP contribution in [0.25, 0.3) is 11.1 Å². The van der Waals surface area contributed by atoms with Gasteiger partial charge in [-0.3, -0.25) is 14.6 Å². The molecule has 1 aromatic heterocycles. The fraction of sp³-hybridized carbons (Fsp3) is 0.231. The lowest BCUT2D eigenvalue weighted by Gasteiger charge is -2.29. The summed E-state index contributed by atoms with van der Waals surface area (Å²) in [6, 6.07) is 14.1. The summed E-state index contributed by atoms with van der Waals surface area (Å²) in [5, 5.41) is 2.91. The first kappa shape index (κ1) is 22.3. The molecule has 3 aromatic rings.